The zero-order valence-electron chi connectivity index (χ0n) is 18.7. The van der Waals surface area contributed by atoms with Gasteiger partial charge in [-0.2, -0.15) is 4.31 Å². The number of nitrogens with zero attached hydrogens (tertiary/aromatic N) is 2. The molecule has 1 aliphatic carbocycles. The van der Waals surface area contributed by atoms with Gasteiger partial charge in [-0.3, -0.25) is 9.59 Å². The third-order valence-electron chi connectivity index (χ3n) is 6.94. The van der Waals surface area contributed by atoms with E-state index in [2.05, 4.69) is 10.5 Å². The molecule has 2 aliphatic heterocycles. The normalized spacial score (nSPS) is 25.5. The lowest BCUT2D eigenvalue weighted by molar-refractivity contribution is -0.116. The number of hydrogen-bond acceptors (Lipinski definition) is 6. The second-order valence-corrected chi connectivity index (χ2v) is 11.5. The van der Waals surface area contributed by atoms with Crippen LogP contribution in [0.15, 0.2) is 39.8 Å². The van der Waals surface area contributed by atoms with Crippen molar-refractivity contribution in [3.63, 3.8) is 0 Å². The van der Waals surface area contributed by atoms with Crippen molar-refractivity contribution < 1.29 is 22.5 Å². The number of hydrogen-bond donors (Lipinski definition) is 1. The molecule has 0 radical (unpaired) electrons. The van der Waals surface area contributed by atoms with Crippen LogP contribution in [0.2, 0.25) is 0 Å². The fourth-order valence-corrected chi connectivity index (χ4v) is 7.14. The van der Waals surface area contributed by atoms with E-state index in [0.717, 1.165) is 43.4 Å². The molecule has 8 nitrogen and oxygen atoms in total. The molecule has 2 saturated heterocycles. The molecule has 9 heteroatoms. The molecule has 1 saturated carbocycles. The number of carbonyl (C=O) groups is 2. The van der Waals surface area contributed by atoms with Crippen molar-refractivity contribution in [3.05, 3.63) is 47.3 Å². The summed E-state index contributed by atoms with van der Waals surface area (Å²) < 4.78 is 34.0. The summed E-state index contributed by atoms with van der Waals surface area (Å²) in [6.45, 7) is 1.52. The highest BCUT2D eigenvalue weighted by atomic mass is 32.2. The molecule has 2 aromatic rings. The van der Waals surface area contributed by atoms with E-state index < -0.39 is 10.0 Å². The van der Waals surface area contributed by atoms with Crippen molar-refractivity contribution in [2.75, 3.05) is 0 Å². The highest BCUT2D eigenvalue weighted by molar-refractivity contribution is 7.89. The molecular formula is C24H29N3O5S. The maximum absolute atomic E-state index is 13.5. The van der Waals surface area contributed by atoms with Gasteiger partial charge in [-0.25, -0.2) is 8.42 Å². The summed E-state index contributed by atoms with van der Waals surface area (Å²) in [5, 5.41) is 6.98. The zero-order chi connectivity index (χ0) is 23.2. The van der Waals surface area contributed by atoms with Crippen molar-refractivity contribution in [2.45, 2.75) is 87.2 Å². The van der Waals surface area contributed by atoms with E-state index in [9.17, 15) is 18.0 Å². The quantitative estimate of drug-likeness (QED) is 0.664. The van der Waals surface area contributed by atoms with Crippen molar-refractivity contribution >= 4 is 21.7 Å². The summed E-state index contributed by atoms with van der Waals surface area (Å²) in [5.41, 5.74) is 1.10. The second kappa shape index (κ2) is 8.68. The summed E-state index contributed by atoms with van der Waals surface area (Å²) in [4.78, 5) is 24.3. The highest BCUT2D eigenvalue weighted by Gasteiger charge is 2.45. The lowest BCUT2D eigenvalue weighted by Gasteiger charge is -2.47. The monoisotopic (exact) mass is 471 g/mol. The number of nitrogens with one attached hydrogen (secondary N) is 1. The van der Waals surface area contributed by atoms with Crippen LogP contribution in [0.4, 0.5) is 0 Å². The number of fused-ring (bicyclic) bond motifs is 2. The minimum absolute atomic E-state index is 0.0404. The van der Waals surface area contributed by atoms with Gasteiger partial charge in [0.1, 0.15) is 11.5 Å². The molecule has 3 heterocycles. The number of amides is 1. The Labute approximate surface area is 193 Å². The minimum atomic E-state index is -3.66. The number of Topliss-reactive ketones (excluding diaryl/α,β-unsaturated/α-hetero) is 1. The Morgan fingerprint density at radius 2 is 1.76 bits per heavy atom. The summed E-state index contributed by atoms with van der Waals surface area (Å²) in [7, 11) is -3.66. The maximum Gasteiger partial charge on any atom is 0.273 e. The number of piperidine rings is 2. The number of rotatable bonds is 7. The van der Waals surface area contributed by atoms with Gasteiger partial charge in [-0.05, 0) is 63.1 Å². The number of carbonyl (C=O) groups excluding carboxylic acids is 2. The summed E-state index contributed by atoms with van der Waals surface area (Å²) in [6.07, 6.45) is 6.14. The summed E-state index contributed by atoms with van der Waals surface area (Å²) >= 11 is 0. The van der Waals surface area contributed by atoms with Crippen LogP contribution in [0.1, 0.15) is 79.6 Å². The van der Waals surface area contributed by atoms with Crippen LogP contribution < -0.4 is 5.32 Å². The molecule has 1 aromatic heterocycles. The summed E-state index contributed by atoms with van der Waals surface area (Å²) in [5.74, 6) is 0.945. The van der Waals surface area contributed by atoms with E-state index in [0.29, 0.717) is 30.9 Å². The van der Waals surface area contributed by atoms with Crippen LogP contribution in [0.25, 0.3) is 0 Å². The minimum Gasteiger partial charge on any atom is -0.360 e. The van der Waals surface area contributed by atoms with Crippen molar-refractivity contribution in [1.82, 2.24) is 14.8 Å². The number of ketones is 1. The zero-order valence-corrected chi connectivity index (χ0v) is 19.5. The van der Waals surface area contributed by atoms with Gasteiger partial charge in [-0.1, -0.05) is 23.7 Å². The molecule has 2 atom stereocenters. The Bertz CT molecular complexity index is 1140. The Morgan fingerprint density at radius 3 is 2.36 bits per heavy atom. The van der Waals surface area contributed by atoms with E-state index in [4.69, 9.17) is 4.52 Å². The fourth-order valence-electron chi connectivity index (χ4n) is 5.25. The molecule has 176 valence electrons. The van der Waals surface area contributed by atoms with Crippen LogP contribution >= 0.6 is 0 Å². The maximum atomic E-state index is 13.5. The molecule has 0 spiro atoms. The smallest absolute Gasteiger partial charge is 0.273 e. The van der Waals surface area contributed by atoms with Crippen molar-refractivity contribution in [1.29, 1.82) is 0 Å². The van der Waals surface area contributed by atoms with E-state index in [-0.39, 0.29) is 34.7 Å². The van der Waals surface area contributed by atoms with E-state index in [1.165, 1.54) is 6.92 Å². The number of benzene rings is 1. The molecule has 2 bridgehead atoms. The molecule has 1 N–H and O–H groups in total. The van der Waals surface area contributed by atoms with Gasteiger partial charge in [0, 0.05) is 36.5 Å². The first-order valence-electron chi connectivity index (χ1n) is 11.7. The molecule has 1 amide bonds. The molecule has 3 fully saturated rings. The fraction of sp³-hybridized carbons (Fsp3) is 0.542. The van der Waals surface area contributed by atoms with Gasteiger partial charge in [0.15, 0.2) is 5.69 Å². The lowest BCUT2D eigenvalue weighted by atomic mass is 9.84. The SMILES string of the molecule is CC(=O)Cc1ccc(S(=O)(=O)N2C3CCCC2CC(NC(=O)c2cc(C4CC4)on2)C3)cc1. The first kappa shape index (κ1) is 22.3. The highest BCUT2D eigenvalue weighted by Crippen LogP contribution is 2.40. The Balaban J connectivity index is 1.28. The van der Waals surface area contributed by atoms with Crippen LogP contribution in [-0.2, 0) is 21.2 Å². The molecule has 3 aliphatic rings. The van der Waals surface area contributed by atoms with Gasteiger partial charge in [-0.15, -0.1) is 0 Å². The van der Waals surface area contributed by atoms with Crippen molar-refractivity contribution in [2.24, 2.45) is 0 Å². The predicted octanol–water partition coefficient (Wildman–Crippen LogP) is 3.19. The molecular weight excluding hydrogens is 442 g/mol. The largest absolute Gasteiger partial charge is 0.360 e. The van der Waals surface area contributed by atoms with Gasteiger partial charge in [0.05, 0.1) is 4.90 Å². The van der Waals surface area contributed by atoms with Crippen LogP contribution in [0, 0.1) is 0 Å². The van der Waals surface area contributed by atoms with Crippen LogP contribution in [0.3, 0.4) is 0 Å². The Hall–Kier alpha value is -2.52. The van der Waals surface area contributed by atoms with Gasteiger partial charge in [0.2, 0.25) is 10.0 Å². The standard InChI is InChI=1S/C24H29N3O5S/c1-15(28)11-16-5-9-21(10-6-16)33(30,31)27-19-3-2-4-20(27)13-18(12-19)25-24(29)22-14-23(32-26-22)17-7-8-17/h5-6,9-10,14,17-20H,2-4,7-8,11-13H2,1H3,(H,25,29). The van der Waals surface area contributed by atoms with Gasteiger partial charge in [0.25, 0.3) is 5.91 Å². The Kier molecular flexibility index (Phi) is 5.86. The van der Waals surface area contributed by atoms with Crippen LogP contribution in [-0.4, -0.2) is 47.7 Å². The average Bonchev–Trinajstić information content (AvgIpc) is 3.49. The topological polar surface area (TPSA) is 110 Å². The van der Waals surface area contributed by atoms with Gasteiger partial charge >= 0.3 is 0 Å². The predicted molar refractivity (Wildman–Crippen MR) is 120 cm³/mol. The average molecular weight is 472 g/mol. The molecule has 33 heavy (non-hydrogen) atoms. The molecule has 5 rings (SSSR count). The van der Waals surface area contributed by atoms with Crippen LogP contribution in [0.5, 0.6) is 0 Å². The number of aromatic nitrogens is 1. The van der Waals surface area contributed by atoms with Gasteiger partial charge < -0.3 is 9.84 Å². The first-order chi connectivity index (χ1) is 15.8. The van der Waals surface area contributed by atoms with Crippen molar-refractivity contribution in [3.8, 4) is 0 Å². The second-order valence-electron chi connectivity index (χ2n) is 9.63. The van der Waals surface area contributed by atoms with E-state index in [1.807, 2.05) is 0 Å². The lowest BCUT2D eigenvalue weighted by Crippen LogP contribution is -2.58. The Morgan fingerprint density at radius 1 is 1.09 bits per heavy atom. The van der Waals surface area contributed by atoms with E-state index in [1.54, 1.807) is 34.6 Å². The first-order valence-corrected chi connectivity index (χ1v) is 13.1. The third-order valence-corrected chi connectivity index (χ3v) is 8.95. The summed E-state index contributed by atoms with van der Waals surface area (Å²) in [6, 6.07) is 7.95. The molecule has 1 aromatic carbocycles. The van der Waals surface area contributed by atoms with E-state index >= 15 is 0 Å². The third kappa shape index (κ3) is 4.61. The number of sulfonamides is 1. The molecule has 2 unspecified atom stereocenters.